The SMILES string of the molecule is O=[N+]([O-])c1cnc(Sc2ccncc2)c(Br)c1. The van der Waals surface area contributed by atoms with E-state index in [0.29, 0.717) is 9.50 Å². The van der Waals surface area contributed by atoms with E-state index in [1.54, 1.807) is 12.4 Å². The predicted molar refractivity (Wildman–Crippen MR) is 67.0 cm³/mol. The van der Waals surface area contributed by atoms with Gasteiger partial charge >= 0.3 is 0 Å². The zero-order chi connectivity index (χ0) is 12.3. The minimum atomic E-state index is -0.474. The Hall–Kier alpha value is -1.47. The van der Waals surface area contributed by atoms with Crippen molar-refractivity contribution >= 4 is 33.4 Å². The van der Waals surface area contributed by atoms with Crippen LogP contribution in [0.25, 0.3) is 0 Å². The van der Waals surface area contributed by atoms with E-state index in [0.717, 1.165) is 4.90 Å². The molecular weight excluding hydrogens is 306 g/mol. The minimum absolute atomic E-state index is 0.0315. The number of nitro groups is 1. The Kier molecular flexibility index (Phi) is 3.70. The van der Waals surface area contributed by atoms with Crippen LogP contribution >= 0.6 is 27.7 Å². The molecule has 0 saturated heterocycles. The van der Waals surface area contributed by atoms with Crippen LogP contribution in [0, 0.1) is 10.1 Å². The van der Waals surface area contributed by atoms with Gasteiger partial charge in [-0.25, -0.2) is 4.98 Å². The van der Waals surface area contributed by atoms with Gasteiger partial charge in [-0.1, -0.05) is 11.8 Å². The summed E-state index contributed by atoms with van der Waals surface area (Å²) in [5, 5.41) is 11.2. The van der Waals surface area contributed by atoms with Crippen LogP contribution in [-0.2, 0) is 0 Å². The van der Waals surface area contributed by atoms with E-state index in [2.05, 4.69) is 25.9 Å². The molecule has 2 aromatic rings. The summed E-state index contributed by atoms with van der Waals surface area (Å²) in [6.07, 6.45) is 4.61. The molecule has 2 rings (SSSR count). The average Bonchev–Trinajstić information content (AvgIpc) is 2.33. The number of aromatic nitrogens is 2. The third kappa shape index (κ3) is 3.01. The second-order valence-corrected chi connectivity index (χ2v) is 4.94. The maximum absolute atomic E-state index is 10.6. The summed E-state index contributed by atoms with van der Waals surface area (Å²) in [4.78, 5) is 19.0. The molecule has 2 heterocycles. The van der Waals surface area contributed by atoms with E-state index < -0.39 is 4.92 Å². The Labute approximate surface area is 110 Å². The molecule has 5 nitrogen and oxygen atoms in total. The van der Waals surface area contributed by atoms with Crippen LogP contribution < -0.4 is 0 Å². The molecule has 0 amide bonds. The highest BCUT2D eigenvalue weighted by molar-refractivity contribution is 9.10. The van der Waals surface area contributed by atoms with Gasteiger partial charge < -0.3 is 0 Å². The van der Waals surface area contributed by atoms with Gasteiger partial charge in [0.25, 0.3) is 5.69 Å². The van der Waals surface area contributed by atoms with Gasteiger partial charge in [0, 0.05) is 23.4 Å². The molecular formula is C10H6BrN3O2S. The summed E-state index contributed by atoms with van der Waals surface area (Å²) in [5.74, 6) is 0. The molecule has 86 valence electrons. The van der Waals surface area contributed by atoms with Crippen LogP contribution in [0.5, 0.6) is 0 Å². The first-order valence-corrected chi connectivity index (χ1v) is 6.15. The fourth-order valence-corrected chi connectivity index (χ4v) is 2.43. The summed E-state index contributed by atoms with van der Waals surface area (Å²) in [6, 6.07) is 5.14. The van der Waals surface area contributed by atoms with Crippen molar-refractivity contribution in [3.8, 4) is 0 Å². The maximum atomic E-state index is 10.6. The van der Waals surface area contributed by atoms with Gasteiger partial charge in [-0.2, -0.15) is 0 Å². The van der Waals surface area contributed by atoms with Gasteiger partial charge in [-0.3, -0.25) is 15.1 Å². The summed E-state index contributed by atoms with van der Waals surface area (Å²) in [7, 11) is 0. The van der Waals surface area contributed by atoms with Crippen molar-refractivity contribution in [3.63, 3.8) is 0 Å². The van der Waals surface area contributed by atoms with Crippen molar-refractivity contribution in [2.75, 3.05) is 0 Å². The number of nitrogens with zero attached hydrogens (tertiary/aromatic N) is 3. The number of halogens is 1. The third-order valence-corrected chi connectivity index (χ3v) is 3.76. The van der Waals surface area contributed by atoms with Crippen LogP contribution in [0.4, 0.5) is 5.69 Å². The maximum Gasteiger partial charge on any atom is 0.288 e. The predicted octanol–water partition coefficient (Wildman–Crippen LogP) is 3.30. The van der Waals surface area contributed by atoms with E-state index >= 15 is 0 Å². The standard InChI is InChI=1S/C10H6BrN3O2S/c11-9-5-7(14(15)16)6-13-10(9)17-8-1-3-12-4-2-8/h1-6H. The molecule has 0 spiro atoms. The Morgan fingerprint density at radius 1 is 1.35 bits per heavy atom. The summed E-state index contributed by atoms with van der Waals surface area (Å²) >= 11 is 4.68. The molecule has 0 aliphatic rings. The Morgan fingerprint density at radius 3 is 2.65 bits per heavy atom. The summed E-state index contributed by atoms with van der Waals surface area (Å²) in [5.41, 5.74) is -0.0315. The molecule has 17 heavy (non-hydrogen) atoms. The van der Waals surface area contributed by atoms with Gasteiger partial charge in [0.15, 0.2) is 0 Å². The first kappa shape index (κ1) is 12.0. The van der Waals surface area contributed by atoms with E-state index in [4.69, 9.17) is 0 Å². The molecule has 0 saturated carbocycles. The molecule has 0 aromatic carbocycles. The number of hydrogen-bond donors (Lipinski definition) is 0. The van der Waals surface area contributed by atoms with E-state index in [9.17, 15) is 10.1 Å². The van der Waals surface area contributed by atoms with E-state index in [1.807, 2.05) is 12.1 Å². The van der Waals surface area contributed by atoms with Gasteiger partial charge in [0.2, 0.25) is 0 Å². The smallest absolute Gasteiger partial charge is 0.265 e. The molecule has 0 aliphatic heterocycles. The lowest BCUT2D eigenvalue weighted by molar-refractivity contribution is -0.385. The van der Waals surface area contributed by atoms with Crippen molar-refractivity contribution in [1.29, 1.82) is 0 Å². The monoisotopic (exact) mass is 311 g/mol. The van der Waals surface area contributed by atoms with Crippen molar-refractivity contribution < 1.29 is 4.92 Å². The first-order chi connectivity index (χ1) is 8.16. The lowest BCUT2D eigenvalue weighted by Crippen LogP contribution is -1.90. The van der Waals surface area contributed by atoms with Crippen LogP contribution in [-0.4, -0.2) is 14.9 Å². The third-order valence-electron chi connectivity index (χ3n) is 1.87. The highest BCUT2D eigenvalue weighted by Crippen LogP contribution is 2.32. The molecule has 0 atom stereocenters. The normalized spacial score (nSPS) is 10.2. The molecule has 7 heteroatoms. The highest BCUT2D eigenvalue weighted by Gasteiger charge is 2.11. The van der Waals surface area contributed by atoms with E-state index in [1.165, 1.54) is 24.0 Å². The van der Waals surface area contributed by atoms with Crippen LogP contribution in [0.2, 0.25) is 0 Å². The molecule has 0 unspecified atom stereocenters. The summed E-state index contributed by atoms with van der Waals surface area (Å²) in [6.45, 7) is 0. The zero-order valence-corrected chi connectivity index (χ0v) is 10.8. The highest BCUT2D eigenvalue weighted by atomic mass is 79.9. The molecule has 0 bridgehead atoms. The van der Waals surface area contributed by atoms with E-state index in [-0.39, 0.29) is 5.69 Å². The Morgan fingerprint density at radius 2 is 2.06 bits per heavy atom. The first-order valence-electron chi connectivity index (χ1n) is 4.54. The molecule has 2 aromatic heterocycles. The lowest BCUT2D eigenvalue weighted by atomic mass is 10.4. The number of hydrogen-bond acceptors (Lipinski definition) is 5. The second-order valence-electron chi connectivity index (χ2n) is 3.02. The fourth-order valence-electron chi connectivity index (χ4n) is 1.11. The van der Waals surface area contributed by atoms with Gasteiger partial charge in [-0.15, -0.1) is 0 Å². The quantitative estimate of drug-likeness (QED) is 0.642. The molecule has 0 fully saturated rings. The van der Waals surface area contributed by atoms with Gasteiger partial charge in [-0.05, 0) is 28.1 Å². The fraction of sp³-hybridized carbons (Fsp3) is 0. The zero-order valence-electron chi connectivity index (χ0n) is 8.41. The second kappa shape index (κ2) is 5.24. The number of rotatable bonds is 3. The van der Waals surface area contributed by atoms with Crippen molar-refractivity contribution in [3.05, 3.63) is 51.4 Å². The van der Waals surface area contributed by atoms with Crippen molar-refractivity contribution in [2.24, 2.45) is 0 Å². The lowest BCUT2D eigenvalue weighted by Gasteiger charge is -2.02. The molecule has 0 aliphatic carbocycles. The van der Waals surface area contributed by atoms with Crippen molar-refractivity contribution in [1.82, 2.24) is 9.97 Å². The largest absolute Gasteiger partial charge is 0.288 e. The summed E-state index contributed by atoms with van der Waals surface area (Å²) < 4.78 is 0.605. The van der Waals surface area contributed by atoms with Gasteiger partial charge in [0.1, 0.15) is 11.2 Å². The average molecular weight is 312 g/mol. The minimum Gasteiger partial charge on any atom is -0.265 e. The van der Waals surface area contributed by atoms with Crippen molar-refractivity contribution in [2.45, 2.75) is 9.92 Å². The number of pyridine rings is 2. The van der Waals surface area contributed by atoms with Crippen LogP contribution in [0.1, 0.15) is 0 Å². The Balaban J connectivity index is 2.26. The molecule has 0 radical (unpaired) electrons. The Bertz CT molecular complexity index is 551. The molecule has 0 N–H and O–H groups in total. The topological polar surface area (TPSA) is 68.9 Å². The van der Waals surface area contributed by atoms with Gasteiger partial charge in [0.05, 0.1) is 9.40 Å². The van der Waals surface area contributed by atoms with Crippen LogP contribution in [0.3, 0.4) is 0 Å². The van der Waals surface area contributed by atoms with Crippen LogP contribution in [0.15, 0.2) is 51.2 Å².